The van der Waals surface area contributed by atoms with Gasteiger partial charge in [-0.3, -0.25) is 0 Å². The second kappa shape index (κ2) is 5.84. The van der Waals surface area contributed by atoms with Gasteiger partial charge in [0.25, 0.3) is 0 Å². The van der Waals surface area contributed by atoms with Crippen molar-refractivity contribution in [1.29, 1.82) is 0 Å². The maximum atomic E-state index is 9.34. The minimum atomic E-state index is -0.464. The zero-order chi connectivity index (χ0) is 12.3. The number of para-hydroxylation sites is 1. The summed E-state index contributed by atoms with van der Waals surface area (Å²) >= 11 is 0.216. The van der Waals surface area contributed by atoms with Crippen LogP contribution in [0.15, 0.2) is 24.3 Å². The van der Waals surface area contributed by atoms with Gasteiger partial charge in [-0.1, -0.05) is 12.1 Å². The summed E-state index contributed by atoms with van der Waals surface area (Å²) in [6.45, 7) is 1.92. The molecule has 17 heavy (non-hydrogen) atoms. The van der Waals surface area contributed by atoms with Crippen LogP contribution in [0.25, 0.3) is 10.9 Å². The van der Waals surface area contributed by atoms with Crippen molar-refractivity contribution in [3.8, 4) is 5.75 Å². The lowest BCUT2D eigenvalue weighted by Crippen LogP contribution is -2.06. The number of aromatic nitrogens is 1. The molecule has 1 aromatic heterocycles. The maximum Gasteiger partial charge on any atom is 0.741 e. The van der Waals surface area contributed by atoms with Crippen LogP contribution in [-0.2, 0) is 9.45 Å². The minimum Gasteiger partial charge on any atom is -0.626 e. The lowest BCUT2D eigenvalue weighted by atomic mass is 10.1. The van der Waals surface area contributed by atoms with E-state index >= 15 is 0 Å². The molecule has 1 heterocycles. The largest absolute Gasteiger partial charge is 0.741 e. The molecule has 1 N–H and O–H groups in total. The van der Waals surface area contributed by atoms with Gasteiger partial charge in [0.2, 0.25) is 0 Å². The number of pyridine rings is 1. The van der Waals surface area contributed by atoms with E-state index in [1.165, 1.54) is 0 Å². The van der Waals surface area contributed by atoms with Crippen LogP contribution >= 0.6 is 0 Å². The highest BCUT2D eigenvalue weighted by atomic mass is 27.2. The highest BCUT2D eigenvalue weighted by molar-refractivity contribution is 6.28. The van der Waals surface area contributed by atoms with Crippen molar-refractivity contribution in [2.45, 2.75) is 13.5 Å². The zero-order valence-corrected chi connectivity index (χ0v) is 13.0. The number of nitrogens with zero attached hydrogens (tertiary/aromatic N) is 1. The number of hydrogen-bond donors (Lipinski definition) is 1. The summed E-state index contributed by atoms with van der Waals surface area (Å²) in [6.07, 6.45) is 0. The second-order valence-electron chi connectivity index (χ2n) is 3.68. The molecule has 0 aliphatic heterocycles. The monoisotopic (exact) mass is 260 g/mol. The van der Waals surface area contributed by atoms with E-state index < -0.39 is 15.9 Å². The third kappa shape index (κ3) is 2.81. The molecule has 0 fully saturated rings. The van der Waals surface area contributed by atoms with Crippen molar-refractivity contribution < 1.29 is 11.7 Å². The number of aryl methyl sites for hydroxylation is 1. The molecule has 0 unspecified atom stereocenters. The molecule has 85 valence electrons. The molecule has 6 heteroatoms. The number of fused-ring (bicyclic) bond motifs is 1. The first-order valence-electron chi connectivity index (χ1n) is 5.27. The van der Waals surface area contributed by atoms with Crippen LogP contribution < -0.4 is 3.79 Å². The fourth-order valence-corrected chi connectivity index (χ4v) is 2.44. The number of rotatable bonds is 4. The van der Waals surface area contributed by atoms with Crippen LogP contribution in [0, 0.1) is 6.92 Å². The molecular weight excluding hydrogens is 248 g/mol. The van der Waals surface area contributed by atoms with E-state index in [0.717, 1.165) is 27.9 Å². The van der Waals surface area contributed by atoms with Gasteiger partial charge in [0.05, 0.1) is 6.61 Å². The Morgan fingerprint density at radius 1 is 1.47 bits per heavy atom. The van der Waals surface area contributed by atoms with Crippen molar-refractivity contribution in [2.75, 3.05) is 0 Å². The van der Waals surface area contributed by atoms with Gasteiger partial charge in [0.15, 0.2) is 0 Å². The summed E-state index contributed by atoms with van der Waals surface area (Å²) < 4.78 is 10.7. The molecule has 0 aliphatic carbocycles. The lowest BCUT2D eigenvalue weighted by molar-refractivity contribution is 0.283. The molecule has 0 saturated carbocycles. The molecule has 2 aromatic rings. The predicted octanol–water partition coefficient (Wildman–Crippen LogP) is 0.513. The highest BCUT2D eigenvalue weighted by Crippen LogP contribution is 2.26. The molecule has 1 aromatic carbocycles. The molecule has 0 bridgehead atoms. The first-order valence-corrected chi connectivity index (χ1v) is 7.03. The molecule has 0 amide bonds. The molecule has 1 radical (unpaired) electrons. The second-order valence-corrected chi connectivity index (χ2v) is 6.00. The van der Waals surface area contributed by atoms with Crippen LogP contribution in [0.1, 0.15) is 11.3 Å². The average Bonchev–Trinajstić information content (AvgIpc) is 2.35. The Morgan fingerprint density at radius 3 is 3.00 bits per heavy atom. The van der Waals surface area contributed by atoms with Gasteiger partial charge < -0.3 is 11.7 Å². The normalized spacial score (nSPS) is 10.5. The van der Waals surface area contributed by atoms with Gasteiger partial charge in [-0.25, -0.2) is 4.98 Å². The van der Waals surface area contributed by atoms with E-state index in [2.05, 4.69) is 4.98 Å². The Kier molecular flexibility index (Phi) is 4.42. The summed E-state index contributed by atoms with van der Waals surface area (Å²) in [5, 5.41) is 10.3. The third-order valence-corrected chi connectivity index (χ3v) is 3.58. The van der Waals surface area contributed by atoms with Gasteiger partial charge in [0, 0.05) is 11.1 Å². The van der Waals surface area contributed by atoms with Crippen LogP contribution in [-0.4, -0.2) is 42.6 Å². The predicted molar refractivity (Wildman–Crippen MR) is 68.4 cm³/mol. The topological polar surface area (TPSA) is 51.6 Å². The molecular formula is C11H12Al2NO3. The number of aliphatic hydroxyl groups excluding tert-OH is 1. The van der Waals surface area contributed by atoms with Gasteiger partial charge in [0.1, 0.15) is 11.3 Å². The standard InChI is InChI=1S/C11H11NO2.2Al.O.2H/c1-7-5-8(6-13)9-3-2-4-10(14)11(9)12-7;;;;;/h2-5,13-14H,6H2,1H3;;;;;/q;;+1;;;/p-1. The quantitative estimate of drug-likeness (QED) is 0.814. The SMILES string of the molecule is Cc1cc(CO)c2cccc([O][Al][O][AlH2])c2n1. The van der Waals surface area contributed by atoms with E-state index in [9.17, 15) is 5.11 Å². The molecule has 0 aliphatic rings. The first-order chi connectivity index (χ1) is 8.26. The average molecular weight is 260 g/mol. The van der Waals surface area contributed by atoms with Crippen molar-refractivity contribution >= 4 is 43.4 Å². The van der Waals surface area contributed by atoms with Crippen molar-refractivity contribution in [3.05, 3.63) is 35.5 Å². The van der Waals surface area contributed by atoms with Crippen LogP contribution in [0.3, 0.4) is 0 Å². The number of benzene rings is 1. The molecule has 0 saturated heterocycles. The Labute approximate surface area is 115 Å². The van der Waals surface area contributed by atoms with Gasteiger partial charge in [-0.2, -0.15) is 0 Å². The van der Waals surface area contributed by atoms with Gasteiger partial charge in [-0.15, -0.1) is 0 Å². The molecule has 2 rings (SSSR count). The minimum absolute atomic E-state index is 0.00730. The van der Waals surface area contributed by atoms with E-state index in [0.29, 0.717) is 16.6 Å². The molecule has 4 nitrogen and oxygen atoms in total. The Morgan fingerprint density at radius 2 is 2.29 bits per heavy atom. The fraction of sp³-hybridized carbons (Fsp3) is 0.182. The van der Waals surface area contributed by atoms with Gasteiger partial charge in [-0.05, 0) is 24.6 Å². The van der Waals surface area contributed by atoms with Crippen LogP contribution in [0.2, 0.25) is 0 Å². The van der Waals surface area contributed by atoms with E-state index in [-0.39, 0.29) is 6.61 Å². The summed E-state index contributed by atoms with van der Waals surface area (Å²) in [7, 11) is 0. The Bertz CT molecular complexity index is 533. The lowest BCUT2D eigenvalue weighted by Gasteiger charge is -2.11. The highest BCUT2D eigenvalue weighted by Gasteiger charge is 2.09. The number of hydrogen-bond acceptors (Lipinski definition) is 4. The Balaban J connectivity index is 2.58. The molecule has 0 atom stereocenters. The zero-order valence-electron chi connectivity index (χ0n) is 9.80. The van der Waals surface area contributed by atoms with Crippen molar-refractivity contribution in [2.24, 2.45) is 0 Å². The Hall–Kier alpha value is -0.585. The smallest absolute Gasteiger partial charge is 0.626 e. The maximum absolute atomic E-state index is 9.34. The van der Waals surface area contributed by atoms with Gasteiger partial charge >= 0.3 is 32.5 Å². The van der Waals surface area contributed by atoms with Crippen LogP contribution in [0.4, 0.5) is 0 Å². The number of aliphatic hydroxyl groups is 1. The first kappa shape index (κ1) is 12.9. The summed E-state index contributed by atoms with van der Waals surface area (Å²) in [5.41, 5.74) is 2.54. The van der Waals surface area contributed by atoms with E-state index in [1.54, 1.807) is 0 Å². The van der Waals surface area contributed by atoms with Crippen LogP contribution in [0.5, 0.6) is 5.75 Å². The van der Waals surface area contributed by atoms with Crippen molar-refractivity contribution in [3.63, 3.8) is 0 Å². The van der Waals surface area contributed by atoms with Crippen molar-refractivity contribution in [1.82, 2.24) is 4.98 Å². The third-order valence-electron chi connectivity index (χ3n) is 2.46. The molecule has 0 spiro atoms. The summed E-state index contributed by atoms with van der Waals surface area (Å²) in [5.74, 6) is 0.728. The fourth-order valence-electron chi connectivity index (χ4n) is 1.76. The summed E-state index contributed by atoms with van der Waals surface area (Å²) in [4.78, 5) is 4.47. The van der Waals surface area contributed by atoms with E-state index in [4.69, 9.17) is 6.63 Å². The van der Waals surface area contributed by atoms with E-state index in [1.807, 2.05) is 31.2 Å². The summed E-state index contributed by atoms with van der Waals surface area (Å²) in [6, 6.07) is 7.61.